The molecule has 0 bridgehead atoms. The highest BCUT2D eigenvalue weighted by molar-refractivity contribution is 8.18. The third kappa shape index (κ3) is 3.79. The second-order valence-electron chi connectivity index (χ2n) is 4.26. The van der Waals surface area contributed by atoms with Crippen molar-refractivity contribution in [2.75, 3.05) is 14.2 Å². The van der Waals surface area contributed by atoms with Gasteiger partial charge in [-0.2, -0.15) is 0 Å². The molecule has 0 aromatic heterocycles. The summed E-state index contributed by atoms with van der Waals surface area (Å²) in [5.74, 6) is 0.608. The zero-order valence-corrected chi connectivity index (χ0v) is 13.1. The molecule has 0 radical (unpaired) electrons. The molecule has 0 atom stereocenters. The van der Waals surface area contributed by atoms with Gasteiger partial charge in [0.25, 0.3) is 5.91 Å². The predicted octanol–water partition coefficient (Wildman–Crippen LogP) is 1.31. The molecule has 1 fully saturated rings. The monoisotopic (exact) mass is 321 g/mol. The first kappa shape index (κ1) is 15.9. The lowest BCUT2D eigenvalue weighted by molar-refractivity contribution is -0.119. The third-order valence-electron chi connectivity index (χ3n) is 2.67. The van der Waals surface area contributed by atoms with Crippen LogP contribution in [0.4, 0.5) is 0 Å². The molecule has 0 spiro atoms. The van der Waals surface area contributed by atoms with Gasteiger partial charge in [0, 0.05) is 6.92 Å². The van der Waals surface area contributed by atoms with Gasteiger partial charge in [0.05, 0.1) is 19.1 Å². The number of nitrogens with zero attached hydrogens (tertiary/aromatic N) is 1. The molecular weight excluding hydrogens is 306 g/mol. The summed E-state index contributed by atoms with van der Waals surface area (Å²) in [5.41, 5.74) is 3.06. The largest absolute Gasteiger partial charge is 0.493 e. The number of nitrogens with one attached hydrogen (secondary N) is 2. The smallest absolute Gasteiger partial charge is 0.264 e. The summed E-state index contributed by atoms with van der Waals surface area (Å²) in [6.45, 7) is 1.34. The van der Waals surface area contributed by atoms with E-state index in [0.29, 0.717) is 21.6 Å². The predicted molar refractivity (Wildman–Crippen MR) is 84.5 cm³/mol. The van der Waals surface area contributed by atoms with Gasteiger partial charge in [-0.3, -0.25) is 14.9 Å². The van der Waals surface area contributed by atoms with Gasteiger partial charge >= 0.3 is 0 Å². The molecule has 22 heavy (non-hydrogen) atoms. The fourth-order valence-electron chi connectivity index (χ4n) is 1.70. The van der Waals surface area contributed by atoms with Crippen molar-refractivity contribution in [1.82, 2.24) is 10.7 Å². The number of hydrogen-bond acceptors (Lipinski definition) is 6. The molecule has 0 aliphatic carbocycles. The van der Waals surface area contributed by atoms with E-state index in [1.54, 1.807) is 32.4 Å². The molecule has 8 heteroatoms. The van der Waals surface area contributed by atoms with Gasteiger partial charge in [0.2, 0.25) is 5.91 Å². The number of methoxy groups -OCH3 is 2. The van der Waals surface area contributed by atoms with Crippen LogP contribution in [0.1, 0.15) is 12.5 Å². The Morgan fingerprint density at radius 2 is 2.05 bits per heavy atom. The average molecular weight is 321 g/mol. The van der Waals surface area contributed by atoms with Crippen molar-refractivity contribution < 1.29 is 19.1 Å². The van der Waals surface area contributed by atoms with Crippen LogP contribution in [0.5, 0.6) is 11.5 Å². The van der Waals surface area contributed by atoms with Crippen molar-refractivity contribution in [3.05, 3.63) is 28.7 Å². The summed E-state index contributed by atoms with van der Waals surface area (Å²) in [4.78, 5) is 23.1. The van der Waals surface area contributed by atoms with E-state index in [0.717, 1.165) is 17.3 Å². The van der Waals surface area contributed by atoms with Crippen molar-refractivity contribution >= 4 is 34.8 Å². The number of hydrogen-bond donors (Lipinski definition) is 2. The number of hydrazone groups is 1. The molecule has 2 rings (SSSR count). The zero-order chi connectivity index (χ0) is 16.1. The van der Waals surface area contributed by atoms with Crippen LogP contribution >= 0.6 is 11.8 Å². The van der Waals surface area contributed by atoms with Gasteiger partial charge < -0.3 is 9.47 Å². The molecule has 1 aliphatic rings. The number of benzene rings is 1. The molecule has 2 amide bonds. The summed E-state index contributed by atoms with van der Waals surface area (Å²) in [5, 5.41) is 6.68. The maximum atomic E-state index is 11.9. The Morgan fingerprint density at radius 3 is 2.68 bits per heavy atom. The lowest BCUT2D eigenvalue weighted by atomic mass is 10.2. The Hall–Kier alpha value is -2.48. The van der Waals surface area contributed by atoms with Crippen LogP contribution in [0.2, 0.25) is 0 Å². The summed E-state index contributed by atoms with van der Waals surface area (Å²) < 4.78 is 10.4. The summed E-state index contributed by atoms with van der Waals surface area (Å²) >= 11 is 1.14. The molecule has 1 aromatic carbocycles. The van der Waals surface area contributed by atoms with Crippen LogP contribution in [0.3, 0.4) is 0 Å². The molecule has 7 nitrogen and oxygen atoms in total. The topological polar surface area (TPSA) is 89.0 Å². The average Bonchev–Trinajstić information content (AvgIpc) is 2.85. The Labute approximate surface area is 131 Å². The molecule has 0 saturated carbocycles. The quantitative estimate of drug-likeness (QED) is 0.645. The number of carbonyl (C=O) groups excluding carboxylic acids is 2. The molecular formula is C14H15N3O4S. The Balaban J connectivity index is 2.21. The van der Waals surface area contributed by atoms with E-state index in [4.69, 9.17) is 9.47 Å². The minimum atomic E-state index is -0.306. The molecule has 1 aliphatic heterocycles. The van der Waals surface area contributed by atoms with Gasteiger partial charge in [0.1, 0.15) is 0 Å². The van der Waals surface area contributed by atoms with E-state index in [1.807, 2.05) is 6.07 Å². The van der Waals surface area contributed by atoms with Crippen molar-refractivity contribution in [1.29, 1.82) is 0 Å². The maximum absolute atomic E-state index is 11.9. The minimum absolute atomic E-state index is 0.274. The first-order valence-electron chi connectivity index (χ1n) is 6.30. The highest BCUT2D eigenvalue weighted by atomic mass is 32.2. The van der Waals surface area contributed by atoms with Gasteiger partial charge in [0.15, 0.2) is 16.7 Å². The Morgan fingerprint density at radius 1 is 1.32 bits per heavy atom. The first-order valence-corrected chi connectivity index (χ1v) is 7.12. The van der Waals surface area contributed by atoms with E-state index in [-0.39, 0.29) is 11.8 Å². The molecule has 116 valence electrons. The number of amides is 2. The molecule has 0 unspecified atom stereocenters. The number of amidine groups is 1. The van der Waals surface area contributed by atoms with Crippen LogP contribution in [0.15, 0.2) is 28.2 Å². The molecule has 1 aromatic rings. The highest BCUT2D eigenvalue weighted by Gasteiger charge is 2.24. The van der Waals surface area contributed by atoms with Crippen LogP contribution in [-0.4, -0.2) is 31.2 Å². The SMILES string of the molecule is COc1ccc(/C=C2/S/C(=N/NC(C)=O)NC2=O)cc1OC. The Kier molecular flexibility index (Phi) is 5.05. The van der Waals surface area contributed by atoms with Crippen LogP contribution in [0, 0.1) is 0 Å². The normalized spacial score (nSPS) is 17.5. The van der Waals surface area contributed by atoms with Crippen molar-refractivity contribution in [2.45, 2.75) is 6.92 Å². The van der Waals surface area contributed by atoms with E-state index >= 15 is 0 Å². The summed E-state index contributed by atoms with van der Waals surface area (Å²) in [7, 11) is 3.10. The molecule has 2 N–H and O–H groups in total. The fraction of sp³-hybridized carbons (Fsp3) is 0.214. The minimum Gasteiger partial charge on any atom is -0.493 e. The van der Waals surface area contributed by atoms with Gasteiger partial charge in [-0.25, -0.2) is 5.43 Å². The van der Waals surface area contributed by atoms with Crippen molar-refractivity contribution in [2.24, 2.45) is 5.10 Å². The van der Waals surface area contributed by atoms with Gasteiger partial charge in [-0.05, 0) is 35.5 Å². The lowest BCUT2D eigenvalue weighted by Crippen LogP contribution is -2.23. The number of ether oxygens (including phenoxy) is 2. The van der Waals surface area contributed by atoms with Crippen molar-refractivity contribution in [3.63, 3.8) is 0 Å². The van der Waals surface area contributed by atoms with Crippen LogP contribution < -0.4 is 20.2 Å². The van der Waals surface area contributed by atoms with E-state index in [2.05, 4.69) is 15.8 Å². The number of rotatable bonds is 4. The number of carbonyl (C=O) groups is 2. The molecule has 1 saturated heterocycles. The fourth-order valence-corrected chi connectivity index (χ4v) is 2.49. The summed E-state index contributed by atoms with van der Waals surface area (Å²) in [6, 6.07) is 5.34. The van der Waals surface area contributed by atoms with E-state index in [1.165, 1.54) is 6.92 Å². The maximum Gasteiger partial charge on any atom is 0.264 e. The van der Waals surface area contributed by atoms with Crippen LogP contribution in [-0.2, 0) is 9.59 Å². The first-order chi connectivity index (χ1) is 10.5. The van der Waals surface area contributed by atoms with Crippen LogP contribution in [0.25, 0.3) is 6.08 Å². The standard InChI is InChI=1S/C14H15N3O4S/c1-8(18)16-17-14-15-13(19)12(22-14)7-9-4-5-10(20-2)11(6-9)21-3/h4-7H,1-3H3,(H,16,18)(H,15,17,19)/b12-7+. The Bertz CT molecular complexity index is 670. The number of thioether (sulfide) groups is 1. The van der Waals surface area contributed by atoms with E-state index in [9.17, 15) is 9.59 Å². The zero-order valence-electron chi connectivity index (χ0n) is 12.3. The molecule has 1 heterocycles. The van der Waals surface area contributed by atoms with Crippen molar-refractivity contribution in [3.8, 4) is 11.5 Å². The second-order valence-corrected chi connectivity index (χ2v) is 5.29. The van der Waals surface area contributed by atoms with Gasteiger partial charge in [-0.1, -0.05) is 6.07 Å². The summed E-state index contributed by atoms with van der Waals surface area (Å²) in [6.07, 6.45) is 1.71. The lowest BCUT2D eigenvalue weighted by Gasteiger charge is -2.07. The second kappa shape index (κ2) is 6.99. The third-order valence-corrected chi connectivity index (χ3v) is 3.58. The van der Waals surface area contributed by atoms with Gasteiger partial charge in [-0.15, -0.1) is 5.10 Å². The van der Waals surface area contributed by atoms with E-state index < -0.39 is 0 Å². The highest BCUT2D eigenvalue weighted by Crippen LogP contribution is 2.31.